The smallest absolute Gasteiger partial charge is 0.354 e. The van der Waals surface area contributed by atoms with Crippen molar-refractivity contribution in [3.05, 3.63) is 53.6 Å². The summed E-state index contributed by atoms with van der Waals surface area (Å²) in [7, 11) is 0. The number of hydrogen-bond donors (Lipinski definition) is 2. The summed E-state index contributed by atoms with van der Waals surface area (Å²) < 4.78 is 5.49. The maximum Gasteiger partial charge on any atom is 0.354 e. The Labute approximate surface area is 126 Å². The van der Waals surface area contributed by atoms with Gasteiger partial charge in [-0.25, -0.2) is 9.78 Å². The molecule has 0 radical (unpaired) electrons. The van der Waals surface area contributed by atoms with E-state index in [9.17, 15) is 9.59 Å². The molecule has 1 aliphatic rings. The van der Waals surface area contributed by atoms with Crippen LogP contribution in [0.2, 0.25) is 0 Å². The van der Waals surface area contributed by atoms with Gasteiger partial charge in [-0.3, -0.25) is 9.78 Å². The number of aromatic nitrogens is 2. The van der Waals surface area contributed by atoms with E-state index >= 15 is 0 Å². The molecule has 7 heteroatoms. The lowest BCUT2D eigenvalue weighted by molar-refractivity contribution is 0.0689. The van der Waals surface area contributed by atoms with Crippen LogP contribution in [0, 0.1) is 0 Å². The van der Waals surface area contributed by atoms with Crippen molar-refractivity contribution in [1.82, 2.24) is 15.3 Å². The van der Waals surface area contributed by atoms with Gasteiger partial charge in [0.15, 0.2) is 0 Å². The molecule has 1 aliphatic heterocycles. The number of hydrogen-bond acceptors (Lipinski definition) is 5. The number of ether oxygens (including phenoxy) is 1. The molecular weight excluding hydrogens is 286 g/mol. The zero-order chi connectivity index (χ0) is 15.5. The maximum atomic E-state index is 12.2. The Morgan fingerprint density at radius 2 is 2.14 bits per heavy atom. The molecule has 0 saturated heterocycles. The molecule has 1 amide bonds. The fourth-order valence-electron chi connectivity index (χ4n) is 2.25. The summed E-state index contributed by atoms with van der Waals surface area (Å²) in [6.07, 6.45) is 3.52. The molecule has 3 heterocycles. The largest absolute Gasteiger partial charge is 0.491 e. The zero-order valence-corrected chi connectivity index (χ0v) is 11.5. The quantitative estimate of drug-likeness (QED) is 0.889. The SMILES string of the molecule is O=C(NC1CCOc2cccnc21)c1ccc(C(=O)O)nc1. The predicted molar refractivity (Wildman–Crippen MR) is 75.8 cm³/mol. The number of nitrogens with one attached hydrogen (secondary N) is 1. The Hall–Kier alpha value is -2.96. The van der Waals surface area contributed by atoms with Gasteiger partial charge in [-0.15, -0.1) is 0 Å². The Kier molecular flexibility index (Phi) is 3.69. The second-order valence-electron chi connectivity index (χ2n) is 4.79. The third-order valence-electron chi connectivity index (χ3n) is 3.34. The van der Waals surface area contributed by atoms with E-state index < -0.39 is 5.97 Å². The summed E-state index contributed by atoms with van der Waals surface area (Å²) in [5.74, 6) is -0.791. The van der Waals surface area contributed by atoms with Crippen molar-refractivity contribution in [2.75, 3.05) is 6.61 Å². The first-order valence-electron chi connectivity index (χ1n) is 6.73. The van der Waals surface area contributed by atoms with E-state index in [1.165, 1.54) is 18.3 Å². The minimum absolute atomic E-state index is 0.102. The number of pyridine rings is 2. The van der Waals surface area contributed by atoms with Crippen LogP contribution in [0.4, 0.5) is 0 Å². The minimum atomic E-state index is -1.13. The lowest BCUT2D eigenvalue weighted by Gasteiger charge is -2.25. The molecule has 0 fully saturated rings. The Balaban J connectivity index is 1.76. The van der Waals surface area contributed by atoms with Crippen LogP contribution in [-0.4, -0.2) is 33.6 Å². The Morgan fingerprint density at radius 1 is 1.27 bits per heavy atom. The fraction of sp³-hybridized carbons (Fsp3) is 0.200. The Bertz CT molecular complexity index is 715. The normalized spacial score (nSPS) is 16.3. The second-order valence-corrected chi connectivity index (χ2v) is 4.79. The third kappa shape index (κ3) is 2.73. The van der Waals surface area contributed by atoms with Crippen molar-refractivity contribution < 1.29 is 19.4 Å². The number of rotatable bonds is 3. The molecule has 0 aliphatic carbocycles. The second kappa shape index (κ2) is 5.80. The lowest BCUT2D eigenvalue weighted by atomic mass is 10.1. The van der Waals surface area contributed by atoms with Gasteiger partial charge in [0.25, 0.3) is 5.91 Å². The molecule has 3 rings (SSSR count). The first-order chi connectivity index (χ1) is 10.6. The fourth-order valence-corrected chi connectivity index (χ4v) is 2.25. The number of carbonyl (C=O) groups excluding carboxylic acids is 1. The predicted octanol–water partition coefficient (Wildman–Crippen LogP) is 1.43. The van der Waals surface area contributed by atoms with E-state index in [0.29, 0.717) is 30.0 Å². The number of carboxylic acids is 1. The number of aromatic carboxylic acids is 1. The van der Waals surface area contributed by atoms with Crippen molar-refractivity contribution in [3.63, 3.8) is 0 Å². The van der Waals surface area contributed by atoms with Crippen molar-refractivity contribution in [1.29, 1.82) is 0 Å². The summed E-state index contributed by atoms with van der Waals surface area (Å²) in [5.41, 5.74) is 0.890. The molecule has 2 aromatic rings. The number of carboxylic acid groups (broad SMARTS) is 1. The molecular formula is C15H13N3O4. The average molecular weight is 299 g/mol. The van der Waals surface area contributed by atoms with Crippen molar-refractivity contribution in [2.45, 2.75) is 12.5 Å². The molecule has 22 heavy (non-hydrogen) atoms. The molecule has 2 N–H and O–H groups in total. The van der Waals surface area contributed by atoms with Crippen molar-refractivity contribution >= 4 is 11.9 Å². The molecule has 2 aromatic heterocycles. The number of fused-ring (bicyclic) bond motifs is 1. The lowest BCUT2D eigenvalue weighted by Crippen LogP contribution is -2.32. The van der Waals surface area contributed by atoms with Crippen LogP contribution >= 0.6 is 0 Å². The number of carbonyl (C=O) groups is 2. The van der Waals surface area contributed by atoms with Gasteiger partial charge in [0.1, 0.15) is 17.1 Å². The summed E-state index contributed by atoms with van der Waals surface area (Å²) >= 11 is 0. The van der Waals surface area contributed by atoms with Gasteiger partial charge in [0, 0.05) is 18.8 Å². The van der Waals surface area contributed by atoms with Gasteiger partial charge in [-0.05, 0) is 24.3 Å². The zero-order valence-electron chi connectivity index (χ0n) is 11.5. The maximum absolute atomic E-state index is 12.2. The van der Waals surface area contributed by atoms with E-state index in [1.54, 1.807) is 12.3 Å². The highest BCUT2D eigenvalue weighted by molar-refractivity contribution is 5.95. The third-order valence-corrected chi connectivity index (χ3v) is 3.34. The highest BCUT2D eigenvalue weighted by atomic mass is 16.5. The van der Waals surface area contributed by atoms with Crippen LogP contribution < -0.4 is 10.1 Å². The Morgan fingerprint density at radius 3 is 2.86 bits per heavy atom. The highest BCUT2D eigenvalue weighted by Gasteiger charge is 2.24. The average Bonchev–Trinajstić information content (AvgIpc) is 2.55. The standard InChI is InChI=1S/C15H13N3O4/c19-14(9-3-4-11(15(20)21)17-8-9)18-10-5-7-22-12-2-1-6-16-13(10)12/h1-4,6,8,10H,5,7H2,(H,18,19)(H,20,21). The molecule has 0 saturated carbocycles. The van der Waals surface area contributed by atoms with E-state index in [4.69, 9.17) is 9.84 Å². The minimum Gasteiger partial charge on any atom is -0.491 e. The first kappa shape index (κ1) is 14.0. The van der Waals surface area contributed by atoms with Crippen LogP contribution in [0.25, 0.3) is 0 Å². The number of nitrogens with zero attached hydrogens (tertiary/aromatic N) is 2. The molecule has 1 unspecified atom stereocenters. The number of amides is 1. The molecule has 1 atom stereocenters. The van der Waals surface area contributed by atoms with E-state index in [0.717, 1.165) is 0 Å². The highest BCUT2D eigenvalue weighted by Crippen LogP contribution is 2.29. The van der Waals surface area contributed by atoms with Gasteiger partial charge in [0.05, 0.1) is 18.2 Å². The van der Waals surface area contributed by atoms with Gasteiger partial charge >= 0.3 is 5.97 Å². The van der Waals surface area contributed by atoms with E-state index in [2.05, 4.69) is 15.3 Å². The van der Waals surface area contributed by atoms with E-state index in [-0.39, 0.29) is 17.6 Å². The van der Waals surface area contributed by atoms with E-state index in [1.807, 2.05) is 6.07 Å². The van der Waals surface area contributed by atoms with Crippen LogP contribution in [-0.2, 0) is 0 Å². The van der Waals surface area contributed by atoms with Crippen LogP contribution in [0.3, 0.4) is 0 Å². The van der Waals surface area contributed by atoms with Crippen LogP contribution in [0.5, 0.6) is 5.75 Å². The first-order valence-corrected chi connectivity index (χ1v) is 6.73. The monoisotopic (exact) mass is 299 g/mol. The van der Waals surface area contributed by atoms with Crippen LogP contribution in [0.15, 0.2) is 36.7 Å². The van der Waals surface area contributed by atoms with Crippen LogP contribution in [0.1, 0.15) is 39.0 Å². The molecule has 0 aromatic carbocycles. The summed E-state index contributed by atoms with van der Waals surface area (Å²) in [4.78, 5) is 31.0. The molecule has 0 bridgehead atoms. The van der Waals surface area contributed by atoms with Gasteiger partial charge < -0.3 is 15.2 Å². The van der Waals surface area contributed by atoms with Crippen molar-refractivity contribution in [2.24, 2.45) is 0 Å². The van der Waals surface area contributed by atoms with Gasteiger partial charge in [-0.1, -0.05) is 0 Å². The van der Waals surface area contributed by atoms with Gasteiger partial charge in [-0.2, -0.15) is 0 Å². The topological polar surface area (TPSA) is 101 Å². The molecule has 0 spiro atoms. The van der Waals surface area contributed by atoms with Gasteiger partial charge in [0.2, 0.25) is 0 Å². The summed E-state index contributed by atoms with van der Waals surface area (Å²) in [6.45, 7) is 0.500. The summed E-state index contributed by atoms with van der Waals surface area (Å²) in [5, 5.41) is 11.7. The molecule has 7 nitrogen and oxygen atoms in total. The summed E-state index contributed by atoms with van der Waals surface area (Å²) in [6, 6.07) is 6.08. The molecule has 112 valence electrons. The van der Waals surface area contributed by atoms with Crippen molar-refractivity contribution in [3.8, 4) is 5.75 Å².